The molecule has 2 aromatic carbocycles. The van der Waals surface area contributed by atoms with Crippen molar-refractivity contribution >= 4 is 50.8 Å². The molecule has 0 spiro atoms. The van der Waals surface area contributed by atoms with Gasteiger partial charge < -0.3 is 30.9 Å². The molecule has 230 valence electrons. The maximum Gasteiger partial charge on any atom is 0.323 e. The molecule has 0 aliphatic carbocycles. The van der Waals surface area contributed by atoms with Crippen molar-refractivity contribution in [3.8, 4) is 11.5 Å². The number of nitrogens with one attached hydrogen (secondary N) is 3. The summed E-state index contributed by atoms with van der Waals surface area (Å²) in [5, 5.41) is 26.6. The number of nitrogens with zero attached hydrogens (tertiary/aromatic N) is 2. The van der Waals surface area contributed by atoms with Gasteiger partial charge in [-0.1, -0.05) is 6.07 Å². The van der Waals surface area contributed by atoms with Gasteiger partial charge in [-0.3, -0.25) is 19.5 Å². The molecule has 0 saturated carbocycles. The highest BCUT2D eigenvalue weighted by Crippen LogP contribution is 2.35. The Bertz CT molecular complexity index is 1720. The Morgan fingerprint density at radius 2 is 1.86 bits per heavy atom. The van der Waals surface area contributed by atoms with E-state index in [9.17, 15) is 33.4 Å². The van der Waals surface area contributed by atoms with E-state index in [-0.39, 0.29) is 36.0 Å². The molecule has 1 fully saturated rings. The highest BCUT2D eigenvalue weighted by molar-refractivity contribution is 7.21. The van der Waals surface area contributed by atoms with Crippen LogP contribution in [-0.2, 0) is 4.79 Å². The molecule has 1 saturated heterocycles. The number of carbonyl (C=O) groups is 3. The Balaban J connectivity index is 1.18. The average molecular weight is 626 g/mol. The van der Waals surface area contributed by atoms with Crippen LogP contribution in [0.1, 0.15) is 28.1 Å². The predicted molar refractivity (Wildman–Crippen MR) is 160 cm³/mol. The molecule has 5 rings (SSSR count). The predicted octanol–water partition coefficient (Wildman–Crippen LogP) is 4.96. The fourth-order valence-corrected chi connectivity index (χ4v) is 5.84. The number of urea groups is 1. The van der Waals surface area contributed by atoms with Gasteiger partial charge in [0, 0.05) is 44.4 Å². The molecule has 3 amide bonds. The maximum absolute atomic E-state index is 14.8. The Hall–Kier alpha value is -4.66. The first kappa shape index (κ1) is 30.8. The summed E-state index contributed by atoms with van der Waals surface area (Å²) in [4.78, 5) is 42.8. The molecular formula is C30H29F2N5O6S. The van der Waals surface area contributed by atoms with Crippen molar-refractivity contribution in [1.29, 1.82) is 0 Å². The number of aliphatic hydroxyl groups excluding tert-OH is 1. The third-order valence-electron chi connectivity index (χ3n) is 6.96. The van der Waals surface area contributed by atoms with Crippen LogP contribution in [0.5, 0.6) is 11.5 Å². The smallest absolute Gasteiger partial charge is 0.323 e. The normalized spacial score (nSPS) is 16.5. The number of β-amino-alcohol motifs (C(OH)–C–C–N with tert-alkyl or cyclic N) is 1. The Morgan fingerprint density at radius 3 is 2.64 bits per heavy atom. The largest absolute Gasteiger partial charge is 0.480 e. The third-order valence-corrected chi connectivity index (χ3v) is 8.10. The van der Waals surface area contributed by atoms with E-state index in [0.717, 1.165) is 23.0 Å². The molecule has 5 N–H and O–H groups in total. The van der Waals surface area contributed by atoms with Crippen molar-refractivity contribution in [3.05, 3.63) is 76.8 Å². The van der Waals surface area contributed by atoms with Crippen molar-refractivity contribution < 1.29 is 38.1 Å². The number of aliphatic carboxylic acids is 1. The van der Waals surface area contributed by atoms with Gasteiger partial charge in [0.15, 0.2) is 0 Å². The van der Waals surface area contributed by atoms with Gasteiger partial charge in [0.25, 0.3) is 5.91 Å². The molecule has 11 nitrogen and oxygen atoms in total. The van der Waals surface area contributed by atoms with E-state index in [4.69, 9.17) is 4.74 Å². The number of ether oxygens (including phenoxy) is 1. The highest BCUT2D eigenvalue weighted by Gasteiger charge is 2.35. The second kappa shape index (κ2) is 13.3. The van der Waals surface area contributed by atoms with Gasteiger partial charge in [-0.25, -0.2) is 13.6 Å². The molecule has 14 heteroatoms. The fraction of sp³-hybridized carbons (Fsp3) is 0.267. The zero-order valence-corrected chi connectivity index (χ0v) is 24.3. The standard InChI is InChI=1S/C30H29F2N5O6S/c1-16-3-5-19(31)22(11-16)36-30(42)35-21-6-4-18(13-20(21)32)43-25-7-9-33-23-14-26(44-27(23)25)28(39)34-8-2-10-37-15-17(38)12-24(37)29(40)41/h3-7,9,11,13-14,17,24,38H,2,8,10,12,15H2,1H3,(H,34,39)(H,40,41)(H2,35,36,42)/t17-,24+/m1/s1. The molecule has 3 heterocycles. The molecule has 1 aliphatic rings. The number of fused-ring (bicyclic) bond motifs is 1. The number of halogens is 2. The maximum atomic E-state index is 14.8. The van der Waals surface area contributed by atoms with Crippen LogP contribution < -0.4 is 20.7 Å². The number of pyridine rings is 1. The van der Waals surface area contributed by atoms with Gasteiger partial charge >= 0.3 is 12.0 Å². The number of aromatic nitrogens is 1. The number of amides is 3. The number of anilines is 2. The molecule has 2 aromatic heterocycles. The van der Waals surface area contributed by atoms with Crippen molar-refractivity contribution in [2.24, 2.45) is 0 Å². The first-order valence-corrected chi connectivity index (χ1v) is 14.5. The summed E-state index contributed by atoms with van der Waals surface area (Å²) < 4.78 is 35.2. The lowest BCUT2D eigenvalue weighted by atomic mass is 10.2. The average Bonchev–Trinajstić information content (AvgIpc) is 3.59. The number of aliphatic hydroxyl groups is 1. The zero-order valence-electron chi connectivity index (χ0n) is 23.5. The van der Waals surface area contributed by atoms with Crippen LogP contribution in [0.15, 0.2) is 54.7 Å². The SMILES string of the molecule is Cc1ccc(F)c(NC(=O)Nc2ccc(Oc3ccnc4cc(C(=O)NCCCN5C[C@H](O)C[C@H]5C(=O)O)sc34)cc2F)c1. The summed E-state index contributed by atoms with van der Waals surface area (Å²) in [5.74, 6) is -2.23. The van der Waals surface area contributed by atoms with Crippen molar-refractivity contribution in [3.63, 3.8) is 0 Å². The van der Waals surface area contributed by atoms with Crippen LogP contribution in [0.2, 0.25) is 0 Å². The molecule has 2 atom stereocenters. The number of benzene rings is 2. The quantitative estimate of drug-likeness (QED) is 0.155. The van der Waals surface area contributed by atoms with Crippen molar-refractivity contribution in [1.82, 2.24) is 15.2 Å². The molecule has 0 unspecified atom stereocenters. The second-order valence-corrected chi connectivity index (χ2v) is 11.3. The second-order valence-electron chi connectivity index (χ2n) is 10.3. The number of thiophene rings is 1. The molecule has 1 aliphatic heterocycles. The number of carbonyl (C=O) groups excluding carboxylic acids is 2. The number of carboxylic acids is 1. The van der Waals surface area contributed by atoms with E-state index in [1.165, 1.54) is 30.5 Å². The third kappa shape index (κ3) is 7.27. The number of hydrogen-bond donors (Lipinski definition) is 5. The minimum absolute atomic E-state index is 0.0368. The molecular weight excluding hydrogens is 596 g/mol. The summed E-state index contributed by atoms with van der Waals surface area (Å²) in [6, 6.07) is 9.73. The van der Waals surface area contributed by atoms with Crippen LogP contribution in [0.4, 0.5) is 25.0 Å². The van der Waals surface area contributed by atoms with E-state index < -0.39 is 35.8 Å². The number of likely N-dealkylation sites (tertiary alicyclic amines) is 1. The molecule has 0 radical (unpaired) electrons. The molecule has 4 aromatic rings. The number of rotatable bonds is 10. The lowest BCUT2D eigenvalue weighted by Gasteiger charge is -2.20. The van der Waals surface area contributed by atoms with Gasteiger partial charge in [0.05, 0.1) is 32.6 Å². The van der Waals surface area contributed by atoms with E-state index in [0.29, 0.717) is 40.4 Å². The Labute approximate surface area is 254 Å². The van der Waals surface area contributed by atoms with Crippen molar-refractivity contribution in [2.45, 2.75) is 31.9 Å². The monoisotopic (exact) mass is 625 g/mol. The first-order chi connectivity index (χ1) is 21.1. The van der Waals surface area contributed by atoms with Gasteiger partial charge in [-0.15, -0.1) is 11.3 Å². The highest BCUT2D eigenvalue weighted by atomic mass is 32.1. The van der Waals surface area contributed by atoms with E-state index in [2.05, 4.69) is 20.9 Å². The summed E-state index contributed by atoms with van der Waals surface area (Å²) in [6.45, 7) is 2.75. The molecule has 44 heavy (non-hydrogen) atoms. The van der Waals surface area contributed by atoms with Gasteiger partial charge in [-0.05, 0) is 49.2 Å². The Kier molecular flexibility index (Phi) is 9.32. The van der Waals surface area contributed by atoms with Crippen LogP contribution >= 0.6 is 11.3 Å². The number of hydrogen-bond acceptors (Lipinski definition) is 8. The minimum Gasteiger partial charge on any atom is -0.480 e. The first-order valence-electron chi connectivity index (χ1n) is 13.7. The van der Waals surface area contributed by atoms with Gasteiger partial charge in [-0.2, -0.15) is 0 Å². The lowest BCUT2D eigenvalue weighted by Crippen LogP contribution is -2.38. The summed E-state index contributed by atoms with van der Waals surface area (Å²) in [6.07, 6.45) is 1.50. The lowest BCUT2D eigenvalue weighted by molar-refractivity contribution is -0.142. The van der Waals surface area contributed by atoms with Crippen molar-refractivity contribution in [2.75, 3.05) is 30.3 Å². The Morgan fingerprint density at radius 1 is 1.07 bits per heavy atom. The fourth-order valence-electron chi connectivity index (χ4n) is 4.86. The van der Waals surface area contributed by atoms with Crippen LogP contribution in [-0.4, -0.2) is 69.8 Å². The number of carboxylic acid groups (broad SMARTS) is 1. The van der Waals surface area contributed by atoms with Crippen LogP contribution in [0.25, 0.3) is 10.2 Å². The zero-order chi connectivity index (χ0) is 31.4. The van der Waals surface area contributed by atoms with Crippen LogP contribution in [0.3, 0.4) is 0 Å². The van der Waals surface area contributed by atoms with Gasteiger partial charge in [0.2, 0.25) is 0 Å². The summed E-state index contributed by atoms with van der Waals surface area (Å²) in [7, 11) is 0. The molecule has 0 bridgehead atoms. The summed E-state index contributed by atoms with van der Waals surface area (Å²) >= 11 is 1.15. The minimum atomic E-state index is -0.976. The van der Waals surface area contributed by atoms with Gasteiger partial charge in [0.1, 0.15) is 29.2 Å². The van der Waals surface area contributed by atoms with E-state index in [1.54, 1.807) is 30.0 Å². The summed E-state index contributed by atoms with van der Waals surface area (Å²) in [5.41, 5.74) is 1.07. The topological polar surface area (TPSA) is 153 Å². The van der Waals surface area contributed by atoms with E-state index >= 15 is 0 Å². The van der Waals surface area contributed by atoms with E-state index in [1.807, 2.05) is 0 Å². The number of aryl methyl sites for hydroxylation is 1. The van der Waals surface area contributed by atoms with Crippen LogP contribution in [0, 0.1) is 18.6 Å².